The molecular weight excluding hydrogens is 192 g/mol. The van der Waals surface area contributed by atoms with E-state index in [2.05, 4.69) is 5.32 Å². The molecule has 0 saturated carbocycles. The van der Waals surface area contributed by atoms with E-state index in [-0.39, 0.29) is 12.5 Å². The Bertz CT molecular complexity index is 219. The third-order valence-electron chi connectivity index (χ3n) is 3.64. The smallest absolute Gasteiger partial charge is 0.248 e. The molecule has 4 nitrogen and oxygen atoms in total. The predicted molar refractivity (Wildman–Crippen MR) is 57.5 cm³/mol. The van der Waals surface area contributed by atoms with Crippen LogP contribution >= 0.6 is 0 Å². The number of nitrogens with zero attached hydrogens (tertiary/aromatic N) is 1. The zero-order valence-corrected chi connectivity index (χ0v) is 9.37. The van der Waals surface area contributed by atoms with Gasteiger partial charge in [0.15, 0.2) is 0 Å². The van der Waals surface area contributed by atoms with Crippen LogP contribution < -0.4 is 5.32 Å². The molecule has 2 aliphatic rings. The standard InChI is InChI=1S/C11H20N2O2/c1-15-8-11(14)13-4-2-9-6-12-7-10(9)3-5-13/h9-10,12H,2-8H2,1H3/t9-,10+. The monoisotopic (exact) mass is 212 g/mol. The van der Waals surface area contributed by atoms with E-state index >= 15 is 0 Å². The number of carbonyl (C=O) groups is 1. The van der Waals surface area contributed by atoms with Crippen molar-refractivity contribution in [2.75, 3.05) is 39.9 Å². The quantitative estimate of drug-likeness (QED) is 0.705. The maximum atomic E-state index is 11.7. The second kappa shape index (κ2) is 4.94. The van der Waals surface area contributed by atoms with E-state index in [4.69, 9.17) is 4.74 Å². The molecule has 86 valence electrons. The van der Waals surface area contributed by atoms with Crippen LogP contribution in [-0.2, 0) is 9.53 Å². The van der Waals surface area contributed by atoms with Gasteiger partial charge >= 0.3 is 0 Å². The van der Waals surface area contributed by atoms with E-state index < -0.39 is 0 Å². The summed E-state index contributed by atoms with van der Waals surface area (Å²) in [6.45, 7) is 4.32. The van der Waals surface area contributed by atoms with Crippen LogP contribution in [0.5, 0.6) is 0 Å². The molecule has 0 bridgehead atoms. The first-order chi connectivity index (χ1) is 7.31. The van der Waals surface area contributed by atoms with Crippen molar-refractivity contribution in [2.45, 2.75) is 12.8 Å². The van der Waals surface area contributed by atoms with Crippen molar-refractivity contribution in [3.63, 3.8) is 0 Å². The van der Waals surface area contributed by atoms with Crippen LogP contribution in [0.25, 0.3) is 0 Å². The first kappa shape index (κ1) is 10.9. The summed E-state index contributed by atoms with van der Waals surface area (Å²) < 4.78 is 4.89. The average Bonchev–Trinajstić information content (AvgIpc) is 2.58. The lowest BCUT2D eigenvalue weighted by molar-refractivity contribution is -0.135. The van der Waals surface area contributed by atoms with Gasteiger partial charge in [-0.3, -0.25) is 4.79 Å². The zero-order valence-electron chi connectivity index (χ0n) is 9.37. The van der Waals surface area contributed by atoms with Gasteiger partial charge in [-0.1, -0.05) is 0 Å². The number of fused-ring (bicyclic) bond motifs is 1. The molecule has 2 heterocycles. The first-order valence-corrected chi connectivity index (χ1v) is 5.78. The van der Waals surface area contributed by atoms with Crippen LogP contribution in [0.4, 0.5) is 0 Å². The van der Waals surface area contributed by atoms with Crippen molar-refractivity contribution in [1.29, 1.82) is 0 Å². The zero-order chi connectivity index (χ0) is 10.7. The van der Waals surface area contributed by atoms with Crippen molar-refractivity contribution in [3.05, 3.63) is 0 Å². The number of hydrogen-bond donors (Lipinski definition) is 1. The molecule has 0 aromatic rings. The molecule has 0 spiro atoms. The van der Waals surface area contributed by atoms with Crippen LogP contribution in [0.1, 0.15) is 12.8 Å². The van der Waals surface area contributed by atoms with Gasteiger partial charge in [0.2, 0.25) is 5.91 Å². The largest absolute Gasteiger partial charge is 0.375 e. The van der Waals surface area contributed by atoms with Gasteiger partial charge in [0.05, 0.1) is 0 Å². The number of ether oxygens (including phenoxy) is 1. The van der Waals surface area contributed by atoms with Crippen molar-refractivity contribution in [2.24, 2.45) is 11.8 Å². The minimum absolute atomic E-state index is 0.144. The molecule has 2 saturated heterocycles. The van der Waals surface area contributed by atoms with E-state index in [9.17, 15) is 4.79 Å². The number of rotatable bonds is 2. The molecule has 0 unspecified atom stereocenters. The van der Waals surface area contributed by atoms with Gasteiger partial charge in [-0.2, -0.15) is 0 Å². The van der Waals surface area contributed by atoms with Crippen LogP contribution in [-0.4, -0.2) is 50.7 Å². The lowest BCUT2D eigenvalue weighted by atomic mass is 9.92. The van der Waals surface area contributed by atoms with E-state index in [0.29, 0.717) is 0 Å². The minimum Gasteiger partial charge on any atom is -0.375 e. The Balaban J connectivity index is 1.87. The summed E-state index contributed by atoms with van der Waals surface area (Å²) in [4.78, 5) is 13.6. The molecule has 2 fully saturated rings. The number of hydrogen-bond acceptors (Lipinski definition) is 3. The summed E-state index contributed by atoms with van der Waals surface area (Å²) in [6, 6.07) is 0. The lowest BCUT2D eigenvalue weighted by Crippen LogP contribution is -2.35. The molecule has 4 heteroatoms. The Labute approximate surface area is 91.0 Å². The molecule has 1 amide bonds. The summed E-state index contributed by atoms with van der Waals surface area (Å²) in [5, 5.41) is 3.43. The van der Waals surface area contributed by atoms with Gasteiger partial charge in [-0.25, -0.2) is 0 Å². The highest BCUT2D eigenvalue weighted by molar-refractivity contribution is 5.77. The van der Waals surface area contributed by atoms with Gasteiger partial charge in [-0.05, 0) is 37.8 Å². The van der Waals surface area contributed by atoms with E-state index in [1.165, 1.54) is 0 Å². The van der Waals surface area contributed by atoms with Gasteiger partial charge in [-0.15, -0.1) is 0 Å². The number of carbonyl (C=O) groups excluding carboxylic acids is 1. The minimum atomic E-state index is 0.144. The van der Waals surface area contributed by atoms with Gasteiger partial charge in [0, 0.05) is 20.2 Å². The van der Waals surface area contributed by atoms with E-state index in [1.807, 2.05) is 4.90 Å². The van der Waals surface area contributed by atoms with Crippen molar-refractivity contribution < 1.29 is 9.53 Å². The normalized spacial score (nSPS) is 31.1. The highest BCUT2D eigenvalue weighted by Crippen LogP contribution is 2.26. The van der Waals surface area contributed by atoms with Gasteiger partial charge < -0.3 is 15.0 Å². The fraction of sp³-hybridized carbons (Fsp3) is 0.909. The molecule has 0 aliphatic carbocycles. The fourth-order valence-electron chi connectivity index (χ4n) is 2.68. The Morgan fingerprint density at radius 1 is 1.33 bits per heavy atom. The SMILES string of the molecule is COCC(=O)N1CC[C@@H]2CNC[C@@H]2CC1. The number of likely N-dealkylation sites (tertiary alicyclic amines) is 1. The molecule has 0 radical (unpaired) electrons. The predicted octanol–water partition coefficient (Wildman–Crippen LogP) is 0.0908. The highest BCUT2D eigenvalue weighted by atomic mass is 16.5. The first-order valence-electron chi connectivity index (χ1n) is 5.78. The maximum Gasteiger partial charge on any atom is 0.248 e. The van der Waals surface area contributed by atoms with Gasteiger partial charge in [0.1, 0.15) is 6.61 Å². The van der Waals surface area contributed by atoms with E-state index in [1.54, 1.807) is 7.11 Å². The number of amides is 1. The van der Waals surface area contributed by atoms with Crippen LogP contribution in [0, 0.1) is 11.8 Å². The Kier molecular flexibility index (Phi) is 3.59. The lowest BCUT2D eigenvalue weighted by Gasteiger charge is -2.20. The molecule has 0 aromatic carbocycles. The molecular formula is C11H20N2O2. The Hall–Kier alpha value is -0.610. The fourth-order valence-corrected chi connectivity index (χ4v) is 2.68. The summed E-state index contributed by atoms with van der Waals surface area (Å²) in [7, 11) is 1.58. The van der Waals surface area contributed by atoms with Gasteiger partial charge in [0.25, 0.3) is 0 Å². The second-order valence-corrected chi connectivity index (χ2v) is 4.57. The van der Waals surface area contributed by atoms with Crippen LogP contribution in [0.3, 0.4) is 0 Å². The van der Waals surface area contributed by atoms with Crippen molar-refractivity contribution in [3.8, 4) is 0 Å². The molecule has 2 rings (SSSR count). The van der Waals surface area contributed by atoms with E-state index in [0.717, 1.165) is 50.9 Å². The molecule has 0 aromatic heterocycles. The molecule has 2 atom stereocenters. The topological polar surface area (TPSA) is 41.6 Å². The average molecular weight is 212 g/mol. The summed E-state index contributed by atoms with van der Waals surface area (Å²) in [5.41, 5.74) is 0. The summed E-state index contributed by atoms with van der Waals surface area (Å²) in [6.07, 6.45) is 2.29. The summed E-state index contributed by atoms with van der Waals surface area (Å²) >= 11 is 0. The molecule has 2 aliphatic heterocycles. The van der Waals surface area contributed by atoms with Crippen LogP contribution in [0.15, 0.2) is 0 Å². The summed E-state index contributed by atoms with van der Waals surface area (Å²) in [5.74, 6) is 1.71. The molecule has 1 N–H and O–H groups in total. The van der Waals surface area contributed by atoms with Crippen molar-refractivity contribution in [1.82, 2.24) is 10.2 Å². The third kappa shape index (κ3) is 2.49. The third-order valence-corrected chi connectivity index (χ3v) is 3.64. The maximum absolute atomic E-state index is 11.7. The molecule has 15 heavy (non-hydrogen) atoms. The second-order valence-electron chi connectivity index (χ2n) is 4.57. The highest BCUT2D eigenvalue weighted by Gasteiger charge is 2.31. The Morgan fingerprint density at radius 2 is 1.93 bits per heavy atom. The van der Waals surface area contributed by atoms with Crippen LogP contribution in [0.2, 0.25) is 0 Å². The number of nitrogens with one attached hydrogen (secondary N) is 1. The number of methoxy groups -OCH3 is 1. The Morgan fingerprint density at radius 3 is 2.47 bits per heavy atom. The van der Waals surface area contributed by atoms with Crippen molar-refractivity contribution >= 4 is 5.91 Å².